The number of unbranched alkanes of at least 4 members (excludes halogenated alkanes) is 1. The maximum atomic E-state index is 12.1. The van der Waals surface area contributed by atoms with Gasteiger partial charge in [0.15, 0.2) is 0 Å². The summed E-state index contributed by atoms with van der Waals surface area (Å²) in [5, 5.41) is 40.9. The fraction of sp³-hybridized carbons (Fsp3) is 0.516. The lowest BCUT2D eigenvalue weighted by molar-refractivity contribution is -0.763. The Morgan fingerprint density at radius 1 is 0.950 bits per heavy atom. The highest BCUT2D eigenvalue weighted by molar-refractivity contribution is 5.69. The fourth-order valence-corrected chi connectivity index (χ4v) is 5.24. The molecular weight excluding hydrogens is 514 g/mol. The van der Waals surface area contributed by atoms with E-state index < -0.39 is 23.4 Å². The number of ether oxygens (including phenoxy) is 1. The van der Waals surface area contributed by atoms with Gasteiger partial charge in [-0.2, -0.15) is 0 Å². The summed E-state index contributed by atoms with van der Waals surface area (Å²) in [5.41, 5.74) is 2.64. The topological polar surface area (TPSA) is 139 Å². The zero-order chi connectivity index (χ0) is 28.7. The number of carbonyl (C=O) groups excluding carboxylic acids is 1. The smallest absolute Gasteiger partial charge is 0.306 e. The second kappa shape index (κ2) is 16.7. The van der Waals surface area contributed by atoms with Gasteiger partial charge in [0.1, 0.15) is 13.2 Å². The molecule has 0 aromatic heterocycles. The number of allylic oxidation sites excluding steroid dienone is 2. The molecule has 9 nitrogen and oxygen atoms in total. The highest BCUT2D eigenvalue weighted by Gasteiger charge is 2.40. The molecule has 0 unspecified atom stereocenters. The first-order chi connectivity index (χ1) is 19.3. The molecule has 9 heteroatoms. The number of carbonyl (C=O) groups is 1. The molecule has 1 saturated carbocycles. The van der Waals surface area contributed by atoms with E-state index in [1.165, 1.54) is 5.56 Å². The number of rotatable bonds is 17. The van der Waals surface area contributed by atoms with Crippen molar-refractivity contribution in [3.8, 4) is 0 Å². The average Bonchev–Trinajstić information content (AvgIpc) is 3.22. The lowest BCUT2D eigenvalue weighted by Crippen LogP contribution is -2.23. The minimum absolute atomic E-state index is 0.0457. The van der Waals surface area contributed by atoms with Crippen LogP contribution in [-0.2, 0) is 34.0 Å². The number of aryl methyl sites for hydroxylation is 1. The molecule has 0 spiro atoms. The lowest BCUT2D eigenvalue weighted by Gasteiger charge is -2.23. The lowest BCUT2D eigenvalue weighted by atomic mass is 9.85. The molecule has 0 heterocycles. The third kappa shape index (κ3) is 11.1. The minimum Gasteiger partial charge on any atom is -0.461 e. The second-order valence-corrected chi connectivity index (χ2v) is 10.5. The van der Waals surface area contributed by atoms with Crippen LogP contribution in [0.25, 0.3) is 0 Å². The van der Waals surface area contributed by atoms with E-state index >= 15 is 0 Å². The van der Waals surface area contributed by atoms with E-state index in [4.69, 9.17) is 4.74 Å². The molecular formula is C31H41NO8. The number of hydrogen-bond donors (Lipinski definition) is 3. The largest absolute Gasteiger partial charge is 0.461 e. The van der Waals surface area contributed by atoms with Gasteiger partial charge in [-0.1, -0.05) is 66.7 Å². The van der Waals surface area contributed by atoms with Gasteiger partial charge in [0, 0.05) is 6.42 Å². The zero-order valence-electron chi connectivity index (χ0n) is 22.8. The third-order valence-corrected chi connectivity index (χ3v) is 7.55. The van der Waals surface area contributed by atoms with Gasteiger partial charge in [-0.3, -0.25) is 4.79 Å². The highest BCUT2D eigenvalue weighted by Crippen LogP contribution is 2.38. The van der Waals surface area contributed by atoms with Gasteiger partial charge in [-0.05, 0) is 79.9 Å². The predicted molar refractivity (Wildman–Crippen MR) is 149 cm³/mol. The molecule has 40 heavy (non-hydrogen) atoms. The van der Waals surface area contributed by atoms with Crippen LogP contribution in [0, 0.1) is 22.0 Å². The van der Waals surface area contributed by atoms with Crippen LogP contribution in [0.3, 0.4) is 0 Å². The van der Waals surface area contributed by atoms with E-state index in [2.05, 4.69) is 17.0 Å². The molecule has 2 aromatic carbocycles. The molecule has 0 aliphatic heterocycles. The quantitative estimate of drug-likeness (QED) is 0.0840. The summed E-state index contributed by atoms with van der Waals surface area (Å²) in [6.07, 6.45) is 7.87. The Hall–Kier alpha value is -3.27. The van der Waals surface area contributed by atoms with Crippen molar-refractivity contribution in [1.29, 1.82) is 0 Å². The van der Waals surface area contributed by atoms with Crippen LogP contribution < -0.4 is 0 Å². The summed E-state index contributed by atoms with van der Waals surface area (Å²) in [4.78, 5) is 26.6. The molecule has 1 aliphatic rings. The monoisotopic (exact) mass is 555 g/mol. The normalized spacial score (nSPS) is 21.4. The number of benzene rings is 2. The Kier molecular flexibility index (Phi) is 13.1. The van der Waals surface area contributed by atoms with E-state index in [0.717, 1.165) is 12.0 Å². The van der Waals surface area contributed by atoms with Gasteiger partial charge in [-0.25, -0.2) is 0 Å². The molecule has 3 N–H and O–H groups in total. The van der Waals surface area contributed by atoms with Crippen LogP contribution in [0.5, 0.6) is 0 Å². The molecule has 0 saturated heterocycles. The SMILES string of the molecule is O=C(CCC/C=C\C[C@@H]1[C@@H](CC[C@@H](O)CCc2ccccc2)[C@H](O)C[C@@H]1O)OCc1ccc(CO[N+](=O)[O-])cc1. The van der Waals surface area contributed by atoms with Crippen molar-refractivity contribution >= 4 is 5.97 Å². The summed E-state index contributed by atoms with van der Waals surface area (Å²) in [5.74, 6) is -0.389. The van der Waals surface area contributed by atoms with E-state index in [0.29, 0.717) is 50.5 Å². The maximum Gasteiger partial charge on any atom is 0.306 e. The Balaban J connectivity index is 1.30. The van der Waals surface area contributed by atoms with Crippen molar-refractivity contribution < 1.29 is 34.8 Å². The van der Waals surface area contributed by atoms with Gasteiger partial charge < -0.3 is 24.9 Å². The molecule has 2 aromatic rings. The Labute approximate surface area is 235 Å². The van der Waals surface area contributed by atoms with Crippen LogP contribution in [0.1, 0.15) is 68.1 Å². The van der Waals surface area contributed by atoms with Crippen molar-refractivity contribution in [2.24, 2.45) is 11.8 Å². The molecule has 0 amide bonds. The first kappa shape index (κ1) is 31.3. The first-order valence-electron chi connectivity index (χ1n) is 14.1. The summed E-state index contributed by atoms with van der Waals surface area (Å²) in [6.45, 7) is 0.00906. The zero-order valence-corrected chi connectivity index (χ0v) is 22.8. The Morgan fingerprint density at radius 3 is 2.33 bits per heavy atom. The standard InChI is InChI=1S/C31H41NO8/c33-26(17-16-23-8-4-3-5-9-23)18-19-28-27(29(34)20-30(28)35)10-6-1-2-7-11-31(36)39-21-24-12-14-25(15-13-24)22-40-32(37)38/h1,3-6,8-9,12-15,26-30,33-35H,2,7,10-11,16-22H2/b6-1-/t26-,27+,28+,29-,30+/m0/s1. The summed E-state index contributed by atoms with van der Waals surface area (Å²) >= 11 is 0. The summed E-state index contributed by atoms with van der Waals surface area (Å²) < 4.78 is 5.30. The van der Waals surface area contributed by atoms with Crippen molar-refractivity contribution in [2.45, 2.75) is 89.3 Å². The second-order valence-electron chi connectivity index (χ2n) is 10.5. The molecule has 0 bridgehead atoms. The van der Waals surface area contributed by atoms with E-state index in [9.17, 15) is 30.2 Å². The van der Waals surface area contributed by atoms with Gasteiger partial charge in [0.05, 0.1) is 18.3 Å². The molecule has 1 aliphatic carbocycles. The van der Waals surface area contributed by atoms with Gasteiger partial charge >= 0.3 is 5.97 Å². The van der Waals surface area contributed by atoms with Gasteiger partial charge in [0.2, 0.25) is 0 Å². The predicted octanol–water partition coefficient (Wildman–Crippen LogP) is 4.69. The van der Waals surface area contributed by atoms with Gasteiger partial charge in [0.25, 0.3) is 5.09 Å². The van der Waals surface area contributed by atoms with Crippen LogP contribution in [0.15, 0.2) is 66.7 Å². The minimum atomic E-state index is -0.841. The van der Waals surface area contributed by atoms with E-state index in [-0.39, 0.29) is 37.4 Å². The number of nitrogens with zero attached hydrogens (tertiary/aromatic N) is 1. The molecule has 3 rings (SSSR count). The maximum absolute atomic E-state index is 12.1. The van der Waals surface area contributed by atoms with Crippen LogP contribution in [-0.4, -0.2) is 44.7 Å². The Bertz CT molecular complexity index is 1060. The Morgan fingerprint density at radius 2 is 1.62 bits per heavy atom. The van der Waals surface area contributed by atoms with Crippen molar-refractivity contribution in [1.82, 2.24) is 0 Å². The van der Waals surface area contributed by atoms with Crippen molar-refractivity contribution in [3.05, 3.63) is 93.6 Å². The molecule has 218 valence electrons. The van der Waals surface area contributed by atoms with E-state index in [1.807, 2.05) is 30.4 Å². The number of aliphatic hydroxyl groups excluding tert-OH is 3. The van der Waals surface area contributed by atoms with E-state index in [1.54, 1.807) is 24.3 Å². The van der Waals surface area contributed by atoms with Gasteiger partial charge in [-0.15, -0.1) is 10.1 Å². The fourth-order valence-electron chi connectivity index (χ4n) is 5.24. The third-order valence-electron chi connectivity index (χ3n) is 7.55. The van der Waals surface area contributed by atoms with Crippen LogP contribution in [0.4, 0.5) is 0 Å². The molecule has 0 radical (unpaired) electrons. The van der Waals surface area contributed by atoms with Crippen LogP contribution >= 0.6 is 0 Å². The van der Waals surface area contributed by atoms with Crippen molar-refractivity contribution in [3.63, 3.8) is 0 Å². The molecule has 1 fully saturated rings. The number of esters is 1. The highest BCUT2D eigenvalue weighted by atomic mass is 16.9. The van der Waals surface area contributed by atoms with Crippen molar-refractivity contribution in [2.75, 3.05) is 0 Å². The average molecular weight is 556 g/mol. The number of aliphatic hydroxyl groups is 3. The van der Waals surface area contributed by atoms with Crippen LogP contribution in [0.2, 0.25) is 0 Å². The first-order valence-corrected chi connectivity index (χ1v) is 14.1. The summed E-state index contributed by atoms with van der Waals surface area (Å²) in [6, 6.07) is 16.9. The molecule has 5 atom stereocenters. The number of hydrogen-bond acceptors (Lipinski definition) is 8. The summed E-state index contributed by atoms with van der Waals surface area (Å²) in [7, 11) is 0.